The van der Waals surface area contributed by atoms with Crippen LogP contribution in [0.3, 0.4) is 0 Å². The summed E-state index contributed by atoms with van der Waals surface area (Å²) in [5.41, 5.74) is 0. The van der Waals surface area contributed by atoms with Gasteiger partial charge in [-0.3, -0.25) is 4.79 Å². The van der Waals surface area contributed by atoms with Crippen molar-refractivity contribution in [2.24, 2.45) is 5.92 Å². The third kappa shape index (κ3) is 0.891. The van der Waals surface area contributed by atoms with Gasteiger partial charge >= 0.3 is 5.97 Å². The predicted molar refractivity (Wildman–Crippen MR) is 49.5 cm³/mol. The van der Waals surface area contributed by atoms with E-state index in [1.54, 1.807) is 6.08 Å². The van der Waals surface area contributed by atoms with E-state index in [9.17, 15) is 4.79 Å². The van der Waals surface area contributed by atoms with Crippen LogP contribution >= 0.6 is 22.6 Å². The number of alkyl halides is 1. The smallest absolute Gasteiger partial charge is 0.327 e. The molecule has 3 rings (SSSR count). The van der Waals surface area contributed by atoms with Gasteiger partial charge in [-0.1, -0.05) is 28.7 Å². The number of carbonyl (C=O) groups excluding carboxylic acids is 1. The second kappa shape index (κ2) is 2.46. The van der Waals surface area contributed by atoms with E-state index in [4.69, 9.17) is 10.00 Å². The number of hydrogen-bond acceptors (Lipinski definition) is 3. The zero-order chi connectivity index (χ0) is 8.77. The Balaban J connectivity index is 2.45. The highest BCUT2D eigenvalue weighted by Crippen LogP contribution is 2.43. The summed E-state index contributed by atoms with van der Waals surface area (Å²) in [7, 11) is 0. The molecule has 0 unspecified atom stereocenters. The summed E-state index contributed by atoms with van der Waals surface area (Å²) in [5, 5.41) is 8.80. The van der Waals surface area contributed by atoms with Crippen molar-refractivity contribution in [2.45, 2.75) is 15.9 Å². The minimum atomic E-state index is -0.721. The van der Waals surface area contributed by atoms with E-state index in [2.05, 4.69) is 6.07 Å². The van der Waals surface area contributed by atoms with Crippen molar-refractivity contribution in [1.29, 1.82) is 5.26 Å². The third-order valence-electron chi connectivity index (χ3n) is 2.26. The number of ether oxygens (including phenoxy) is 1. The molecule has 12 heavy (non-hydrogen) atoms. The van der Waals surface area contributed by atoms with Gasteiger partial charge in [0.15, 0.2) is 3.42 Å². The average Bonchev–Trinajstić information content (AvgIpc) is 2.07. The fourth-order valence-electron chi connectivity index (χ4n) is 1.52. The van der Waals surface area contributed by atoms with Crippen molar-refractivity contribution in [3.8, 4) is 6.07 Å². The molecule has 0 spiro atoms. The molecule has 3 atom stereocenters. The maximum Gasteiger partial charge on any atom is 0.327 e. The van der Waals surface area contributed by atoms with Crippen LogP contribution in [-0.2, 0) is 9.53 Å². The molecule has 3 nitrogen and oxygen atoms in total. The highest BCUT2D eigenvalue weighted by atomic mass is 127. The maximum absolute atomic E-state index is 11.3. The molecule has 0 N–H and O–H groups in total. The molecule has 1 fully saturated rings. The largest absolute Gasteiger partial charge is 0.457 e. The van der Waals surface area contributed by atoms with Gasteiger partial charge in [-0.2, -0.15) is 5.26 Å². The van der Waals surface area contributed by atoms with Crippen molar-refractivity contribution in [2.75, 3.05) is 0 Å². The monoisotopic (exact) mass is 275 g/mol. The van der Waals surface area contributed by atoms with Gasteiger partial charge < -0.3 is 4.74 Å². The van der Waals surface area contributed by atoms with Gasteiger partial charge in [-0.05, 0) is 6.08 Å². The molecular formula is C8H6INO2. The van der Waals surface area contributed by atoms with E-state index >= 15 is 0 Å². The summed E-state index contributed by atoms with van der Waals surface area (Å²) in [6, 6.07) is 2.15. The molecule has 3 aliphatic rings. The lowest BCUT2D eigenvalue weighted by Crippen LogP contribution is -2.50. The Bertz CT molecular complexity index is 307. The van der Waals surface area contributed by atoms with Crippen LogP contribution in [0.4, 0.5) is 0 Å². The van der Waals surface area contributed by atoms with E-state index < -0.39 is 3.42 Å². The minimum Gasteiger partial charge on any atom is -0.457 e. The van der Waals surface area contributed by atoms with E-state index in [1.165, 1.54) is 0 Å². The fourth-order valence-corrected chi connectivity index (χ4v) is 2.25. The van der Waals surface area contributed by atoms with E-state index in [0.717, 1.165) is 0 Å². The topological polar surface area (TPSA) is 50.1 Å². The Labute approximate surface area is 83.5 Å². The first-order valence-corrected chi connectivity index (χ1v) is 4.73. The van der Waals surface area contributed by atoms with Gasteiger partial charge in [0.05, 0.1) is 12.0 Å². The third-order valence-corrected chi connectivity index (χ3v) is 3.81. The number of hydrogen-bond donors (Lipinski definition) is 0. The van der Waals surface area contributed by atoms with E-state index in [0.29, 0.717) is 6.42 Å². The lowest BCUT2D eigenvalue weighted by Gasteiger charge is -2.39. The first-order valence-electron chi connectivity index (χ1n) is 3.66. The molecule has 2 heterocycles. The second-order valence-corrected chi connectivity index (χ2v) is 4.77. The van der Waals surface area contributed by atoms with Gasteiger partial charge in [0, 0.05) is 6.42 Å². The van der Waals surface area contributed by atoms with Crippen LogP contribution in [0.15, 0.2) is 12.2 Å². The summed E-state index contributed by atoms with van der Waals surface area (Å²) in [5.74, 6) is -0.497. The molecule has 2 aliphatic heterocycles. The SMILES string of the molecule is N#C[C@H]1C[C@H]2C=C[C@]1(I)C(=O)O2. The van der Waals surface area contributed by atoms with Crippen LogP contribution in [0.5, 0.6) is 0 Å². The maximum atomic E-state index is 11.3. The number of fused-ring (bicyclic) bond motifs is 2. The summed E-state index contributed by atoms with van der Waals surface area (Å²) in [6.07, 6.45) is 4.13. The minimum absolute atomic E-state index is 0.168. The van der Waals surface area contributed by atoms with Gasteiger partial charge in [0.1, 0.15) is 6.10 Å². The Morgan fingerprint density at radius 2 is 2.58 bits per heavy atom. The number of carbonyl (C=O) groups is 1. The molecule has 1 aliphatic carbocycles. The highest BCUT2D eigenvalue weighted by Gasteiger charge is 2.51. The van der Waals surface area contributed by atoms with E-state index in [-0.39, 0.29) is 18.0 Å². The lowest BCUT2D eigenvalue weighted by molar-refractivity contribution is -0.155. The zero-order valence-electron chi connectivity index (χ0n) is 6.16. The lowest BCUT2D eigenvalue weighted by atomic mass is 9.81. The molecule has 0 aromatic rings. The Kier molecular flexibility index (Phi) is 1.65. The molecular weight excluding hydrogens is 269 g/mol. The number of nitrogens with zero attached hydrogens (tertiary/aromatic N) is 1. The second-order valence-electron chi connectivity index (χ2n) is 2.99. The molecule has 1 saturated heterocycles. The summed E-state index contributed by atoms with van der Waals surface area (Å²) in [6.45, 7) is 0. The van der Waals surface area contributed by atoms with Crippen LogP contribution in [0.1, 0.15) is 6.42 Å². The van der Waals surface area contributed by atoms with Crippen LogP contribution in [0, 0.1) is 17.2 Å². The van der Waals surface area contributed by atoms with Crippen molar-refractivity contribution in [3.63, 3.8) is 0 Å². The van der Waals surface area contributed by atoms with Crippen LogP contribution < -0.4 is 0 Å². The van der Waals surface area contributed by atoms with Crippen LogP contribution in [0.2, 0.25) is 0 Å². The molecule has 0 radical (unpaired) electrons. The molecule has 62 valence electrons. The summed E-state index contributed by atoms with van der Waals surface area (Å²) in [4.78, 5) is 11.3. The normalized spacial score (nSPS) is 43.8. The van der Waals surface area contributed by atoms with Gasteiger partial charge in [0.2, 0.25) is 0 Å². The number of esters is 1. The number of halogens is 1. The van der Waals surface area contributed by atoms with Gasteiger partial charge in [-0.25, -0.2) is 0 Å². The molecule has 0 aromatic carbocycles. The van der Waals surface area contributed by atoms with Crippen LogP contribution in [0.25, 0.3) is 0 Å². The van der Waals surface area contributed by atoms with Crippen LogP contribution in [-0.4, -0.2) is 15.5 Å². The first-order chi connectivity index (χ1) is 5.66. The quantitative estimate of drug-likeness (QED) is 0.289. The first kappa shape index (κ1) is 8.05. The van der Waals surface area contributed by atoms with Crippen molar-refractivity contribution in [3.05, 3.63) is 12.2 Å². The Morgan fingerprint density at radius 3 is 3.08 bits per heavy atom. The standard InChI is InChI=1S/C8H6INO2/c9-8-2-1-6(12-7(8)11)3-5(8)4-10/h1-2,5-6H,3H2/t5-,6-,8-/m1/s1. The number of nitriles is 1. The van der Waals surface area contributed by atoms with Crippen molar-refractivity contribution in [1.82, 2.24) is 0 Å². The molecule has 4 heteroatoms. The molecule has 2 bridgehead atoms. The summed E-state index contributed by atoms with van der Waals surface area (Å²) < 4.78 is 4.31. The predicted octanol–water partition coefficient (Wildman–Crippen LogP) is 1.19. The molecule has 0 amide bonds. The number of rotatable bonds is 0. The van der Waals surface area contributed by atoms with Gasteiger partial charge in [0.25, 0.3) is 0 Å². The fraction of sp³-hybridized carbons (Fsp3) is 0.500. The average molecular weight is 275 g/mol. The van der Waals surface area contributed by atoms with Crippen molar-refractivity contribution >= 4 is 28.6 Å². The zero-order valence-corrected chi connectivity index (χ0v) is 8.32. The molecule has 0 saturated carbocycles. The molecule has 0 aromatic heterocycles. The Morgan fingerprint density at radius 1 is 1.83 bits per heavy atom. The van der Waals surface area contributed by atoms with Crippen molar-refractivity contribution < 1.29 is 9.53 Å². The Hall–Kier alpha value is -0.570. The highest BCUT2D eigenvalue weighted by molar-refractivity contribution is 14.1. The van der Waals surface area contributed by atoms with Gasteiger partial charge in [-0.15, -0.1) is 0 Å². The van der Waals surface area contributed by atoms with E-state index in [1.807, 2.05) is 28.7 Å². The summed E-state index contributed by atoms with van der Waals surface area (Å²) >= 11 is 2.00.